The van der Waals surface area contributed by atoms with E-state index in [0.29, 0.717) is 42.2 Å². The van der Waals surface area contributed by atoms with Crippen molar-refractivity contribution in [1.29, 1.82) is 0 Å². The van der Waals surface area contributed by atoms with Crippen molar-refractivity contribution >= 4 is 35.5 Å². The van der Waals surface area contributed by atoms with Crippen molar-refractivity contribution < 1.29 is 24.3 Å². The predicted molar refractivity (Wildman–Crippen MR) is 151 cm³/mol. The molecule has 9 heteroatoms. The van der Waals surface area contributed by atoms with Gasteiger partial charge in [0, 0.05) is 24.4 Å². The van der Waals surface area contributed by atoms with Crippen molar-refractivity contribution in [3.8, 4) is 0 Å². The fraction of sp³-hybridized carbons (Fsp3) is 0.355. The van der Waals surface area contributed by atoms with Crippen LogP contribution >= 0.6 is 11.8 Å². The molecule has 3 amide bonds. The monoisotopic (exact) mass is 557 g/mol. The molecule has 3 unspecified atom stereocenters. The molecule has 40 heavy (non-hydrogen) atoms. The predicted octanol–water partition coefficient (Wildman–Crippen LogP) is 3.32. The molecular formula is C31H31N3O5S. The zero-order chi connectivity index (χ0) is 27.8. The number of benzene rings is 2. The van der Waals surface area contributed by atoms with Crippen LogP contribution in [0.1, 0.15) is 36.3 Å². The van der Waals surface area contributed by atoms with Crippen LogP contribution < -0.4 is 5.32 Å². The third-order valence-corrected chi connectivity index (χ3v) is 9.34. The number of nitrogens with one attached hydrogen (secondary N) is 1. The van der Waals surface area contributed by atoms with Crippen LogP contribution in [0.3, 0.4) is 0 Å². The average molecular weight is 558 g/mol. The molecular weight excluding hydrogens is 526 g/mol. The van der Waals surface area contributed by atoms with Gasteiger partial charge in [-0.2, -0.15) is 0 Å². The summed E-state index contributed by atoms with van der Waals surface area (Å²) in [5.74, 6) is -1.53. The van der Waals surface area contributed by atoms with Gasteiger partial charge < -0.3 is 15.3 Å². The number of rotatable bonds is 9. The van der Waals surface area contributed by atoms with E-state index in [1.54, 1.807) is 6.08 Å². The Morgan fingerprint density at radius 3 is 2.42 bits per heavy atom. The smallest absolute Gasteiger partial charge is 0.352 e. The van der Waals surface area contributed by atoms with Gasteiger partial charge in [0.15, 0.2) is 0 Å². The Hall–Kier alpha value is -3.85. The molecule has 0 radical (unpaired) electrons. The van der Waals surface area contributed by atoms with Gasteiger partial charge in [-0.25, -0.2) is 4.79 Å². The van der Waals surface area contributed by atoms with E-state index in [9.17, 15) is 24.3 Å². The largest absolute Gasteiger partial charge is 0.477 e. The summed E-state index contributed by atoms with van der Waals surface area (Å²) in [6.45, 7) is 1.41. The van der Waals surface area contributed by atoms with Crippen LogP contribution in [-0.2, 0) is 25.6 Å². The number of amides is 3. The molecule has 6 rings (SSSR count). The molecule has 2 aromatic rings. The minimum absolute atomic E-state index is 0.0401. The van der Waals surface area contributed by atoms with Crippen molar-refractivity contribution in [3.63, 3.8) is 0 Å². The van der Waals surface area contributed by atoms with Gasteiger partial charge in [0.25, 0.3) is 5.91 Å². The lowest BCUT2D eigenvalue weighted by Crippen LogP contribution is -2.70. The van der Waals surface area contributed by atoms with Crippen molar-refractivity contribution in [2.75, 3.05) is 18.8 Å². The van der Waals surface area contributed by atoms with Gasteiger partial charge in [0.2, 0.25) is 11.8 Å². The Morgan fingerprint density at radius 1 is 1.05 bits per heavy atom. The zero-order valence-electron chi connectivity index (χ0n) is 22.0. The lowest BCUT2D eigenvalue weighted by Gasteiger charge is -2.49. The van der Waals surface area contributed by atoms with E-state index in [4.69, 9.17) is 0 Å². The number of carbonyl (C=O) groups excluding carboxylic acids is 3. The number of likely N-dealkylation sites (tertiary alicyclic amines) is 1. The Balaban J connectivity index is 1.19. The van der Waals surface area contributed by atoms with Crippen LogP contribution in [0, 0.1) is 5.92 Å². The highest BCUT2D eigenvalue weighted by Crippen LogP contribution is 2.42. The number of carbonyl (C=O) groups is 4. The molecule has 1 saturated carbocycles. The highest BCUT2D eigenvalue weighted by molar-refractivity contribution is 8.00. The second-order valence-electron chi connectivity index (χ2n) is 10.8. The maximum absolute atomic E-state index is 13.6. The molecule has 3 aliphatic heterocycles. The number of hydrogen-bond donors (Lipinski definition) is 2. The number of nitrogens with zero attached hydrogens (tertiary/aromatic N) is 2. The average Bonchev–Trinajstić information content (AvgIpc) is 3.73. The first-order valence-electron chi connectivity index (χ1n) is 13.7. The third kappa shape index (κ3) is 5.18. The van der Waals surface area contributed by atoms with Crippen molar-refractivity contribution in [2.24, 2.45) is 5.92 Å². The molecule has 0 spiro atoms. The van der Waals surface area contributed by atoms with Crippen LogP contribution in [-0.4, -0.2) is 68.9 Å². The minimum atomic E-state index is -1.21. The molecule has 206 valence electrons. The quantitative estimate of drug-likeness (QED) is 0.362. The van der Waals surface area contributed by atoms with Crippen LogP contribution in [0.25, 0.3) is 0 Å². The van der Waals surface area contributed by atoms with E-state index in [2.05, 4.69) is 5.32 Å². The minimum Gasteiger partial charge on any atom is -0.477 e. The number of carboxylic acid groups (broad SMARTS) is 1. The third-order valence-electron chi connectivity index (χ3n) is 8.04. The summed E-state index contributed by atoms with van der Waals surface area (Å²) in [6.07, 6.45) is 5.03. The van der Waals surface area contributed by atoms with E-state index in [1.165, 1.54) is 16.7 Å². The molecule has 0 bridgehead atoms. The number of β-lactam (4-membered cyclic amide) rings is 1. The summed E-state index contributed by atoms with van der Waals surface area (Å²) >= 11 is 1.41. The van der Waals surface area contributed by atoms with Gasteiger partial charge in [-0.05, 0) is 54.4 Å². The summed E-state index contributed by atoms with van der Waals surface area (Å²) in [6, 6.07) is 18.4. The van der Waals surface area contributed by atoms with Crippen molar-refractivity contribution in [2.45, 2.75) is 43.0 Å². The maximum atomic E-state index is 13.6. The SMILES string of the molecule is O=C(O)C1=C(/C=C2\CCN(CC3CC3)C2=O)CSC2C(NC(=O)C(Cc3ccccc3)c3ccccc3)C(=O)N12. The molecule has 8 nitrogen and oxygen atoms in total. The molecule has 2 saturated heterocycles. The Morgan fingerprint density at radius 2 is 1.75 bits per heavy atom. The normalized spacial score (nSPS) is 24.1. The molecule has 3 fully saturated rings. The lowest BCUT2D eigenvalue weighted by molar-refractivity contribution is -0.150. The molecule has 3 atom stereocenters. The second-order valence-corrected chi connectivity index (χ2v) is 11.9. The van der Waals surface area contributed by atoms with E-state index in [0.717, 1.165) is 30.5 Å². The summed E-state index contributed by atoms with van der Waals surface area (Å²) in [5.41, 5.74) is 2.82. The van der Waals surface area contributed by atoms with Gasteiger partial charge in [-0.15, -0.1) is 11.8 Å². The standard InChI is InChI=1S/C31H31N3O5S/c35-27(24(21-9-5-2-6-10-21)15-19-7-3-1-4-8-19)32-25-29(37)34-26(31(38)39)23(18-40-30(25)34)16-22-13-14-33(28(22)36)17-20-11-12-20/h1-10,16,20,24-25,30H,11-15,17-18H2,(H,32,35)(H,38,39)/b22-16+. The van der Waals surface area contributed by atoms with E-state index < -0.39 is 29.2 Å². The first-order valence-corrected chi connectivity index (χ1v) is 14.8. The summed E-state index contributed by atoms with van der Waals surface area (Å²) in [5, 5.41) is 12.5. The van der Waals surface area contributed by atoms with E-state index >= 15 is 0 Å². The first-order chi connectivity index (χ1) is 19.4. The van der Waals surface area contributed by atoms with Gasteiger partial charge in [0.1, 0.15) is 17.1 Å². The van der Waals surface area contributed by atoms with Gasteiger partial charge >= 0.3 is 5.97 Å². The van der Waals surface area contributed by atoms with Gasteiger partial charge in [-0.3, -0.25) is 19.3 Å². The van der Waals surface area contributed by atoms with Crippen molar-refractivity contribution in [3.05, 3.63) is 94.7 Å². The zero-order valence-corrected chi connectivity index (χ0v) is 22.8. The fourth-order valence-electron chi connectivity index (χ4n) is 5.70. The molecule has 3 heterocycles. The van der Waals surface area contributed by atoms with E-state index in [-0.39, 0.29) is 17.5 Å². The fourth-order valence-corrected chi connectivity index (χ4v) is 7.01. The highest BCUT2D eigenvalue weighted by atomic mass is 32.2. The number of hydrogen-bond acceptors (Lipinski definition) is 5. The first kappa shape index (κ1) is 26.4. The Labute approximate surface area is 237 Å². The molecule has 4 aliphatic rings. The number of thioether (sulfide) groups is 1. The van der Waals surface area contributed by atoms with Crippen molar-refractivity contribution in [1.82, 2.24) is 15.1 Å². The van der Waals surface area contributed by atoms with Gasteiger partial charge in [-0.1, -0.05) is 60.7 Å². The van der Waals surface area contributed by atoms with Crippen LogP contribution in [0.2, 0.25) is 0 Å². The lowest BCUT2D eigenvalue weighted by atomic mass is 9.90. The molecule has 1 aliphatic carbocycles. The number of allylic oxidation sites excluding steroid dienone is 1. The molecule has 2 N–H and O–H groups in total. The molecule has 2 aromatic carbocycles. The summed E-state index contributed by atoms with van der Waals surface area (Å²) in [7, 11) is 0. The Kier molecular flexibility index (Phi) is 7.23. The number of aliphatic carboxylic acids is 1. The van der Waals surface area contributed by atoms with Gasteiger partial charge in [0.05, 0.1) is 5.92 Å². The Bertz CT molecular complexity index is 1400. The second kappa shape index (κ2) is 11.0. The topological polar surface area (TPSA) is 107 Å². The van der Waals surface area contributed by atoms with Crippen LogP contribution in [0.4, 0.5) is 0 Å². The molecule has 0 aromatic heterocycles. The van der Waals surface area contributed by atoms with E-state index in [1.807, 2.05) is 65.6 Å². The summed E-state index contributed by atoms with van der Waals surface area (Å²) in [4.78, 5) is 55.2. The van der Waals surface area contributed by atoms with Crippen LogP contribution in [0.15, 0.2) is 83.6 Å². The number of fused-ring (bicyclic) bond motifs is 1. The highest BCUT2D eigenvalue weighted by Gasteiger charge is 2.54. The summed E-state index contributed by atoms with van der Waals surface area (Å²) < 4.78 is 0. The van der Waals surface area contributed by atoms with Crippen LogP contribution in [0.5, 0.6) is 0 Å². The number of carboxylic acids is 1. The maximum Gasteiger partial charge on any atom is 0.352 e.